The summed E-state index contributed by atoms with van der Waals surface area (Å²) in [6.45, 7) is 7.69. The third-order valence-corrected chi connectivity index (χ3v) is 4.54. The lowest BCUT2D eigenvalue weighted by atomic mass is 9.86. The second-order valence-corrected chi connectivity index (χ2v) is 5.54. The Bertz CT molecular complexity index is 232. The molecule has 2 aliphatic heterocycles. The molecule has 2 fully saturated rings. The molecule has 2 saturated heterocycles. The lowest BCUT2D eigenvalue weighted by Gasteiger charge is -2.46. The van der Waals surface area contributed by atoms with E-state index in [1.54, 1.807) is 0 Å². The van der Waals surface area contributed by atoms with E-state index in [4.69, 9.17) is 15.2 Å². The molecule has 0 spiro atoms. The summed E-state index contributed by atoms with van der Waals surface area (Å²) in [5.74, 6) is 0. The van der Waals surface area contributed by atoms with E-state index in [-0.39, 0.29) is 5.54 Å². The van der Waals surface area contributed by atoms with E-state index in [0.29, 0.717) is 6.10 Å². The molecule has 4 nitrogen and oxygen atoms in total. The van der Waals surface area contributed by atoms with E-state index < -0.39 is 0 Å². The summed E-state index contributed by atoms with van der Waals surface area (Å²) in [6, 6.07) is 0. The number of rotatable bonds is 4. The van der Waals surface area contributed by atoms with Crippen molar-refractivity contribution in [1.82, 2.24) is 4.90 Å². The number of hydrogen-bond acceptors (Lipinski definition) is 4. The Morgan fingerprint density at radius 1 is 1.28 bits per heavy atom. The first-order chi connectivity index (χ1) is 8.80. The zero-order valence-electron chi connectivity index (χ0n) is 11.7. The number of nitrogens with zero attached hydrogens (tertiary/aromatic N) is 1. The van der Waals surface area contributed by atoms with Crippen LogP contribution in [0.2, 0.25) is 0 Å². The molecule has 0 aromatic heterocycles. The molecule has 18 heavy (non-hydrogen) atoms. The van der Waals surface area contributed by atoms with Gasteiger partial charge in [-0.1, -0.05) is 0 Å². The van der Waals surface area contributed by atoms with Crippen LogP contribution in [0.5, 0.6) is 0 Å². The molecular formula is C14H28N2O2. The van der Waals surface area contributed by atoms with E-state index in [9.17, 15) is 0 Å². The maximum absolute atomic E-state index is 6.10. The van der Waals surface area contributed by atoms with Crippen LogP contribution in [0.15, 0.2) is 0 Å². The van der Waals surface area contributed by atoms with Gasteiger partial charge in [0, 0.05) is 45.0 Å². The van der Waals surface area contributed by atoms with E-state index >= 15 is 0 Å². The summed E-state index contributed by atoms with van der Waals surface area (Å²) in [7, 11) is 0. The van der Waals surface area contributed by atoms with Crippen molar-refractivity contribution in [2.75, 3.05) is 39.5 Å². The maximum Gasteiger partial charge on any atom is 0.0599 e. The molecule has 2 aliphatic rings. The molecule has 106 valence electrons. The molecular weight excluding hydrogens is 228 g/mol. The standard InChI is InChI=1S/C14H28N2O2/c1-2-18-13-4-8-16(9-5-13)14(12-15)6-3-10-17-11-7-14/h13H,2-12,15H2,1H3. The summed E-state index contributed by atoms with van der Waals surface area (Å²) in [4.78, 5) is 2.61. The number of piperidine rings is 1. The minimum absolute atomic E-state index is 0.188. The Hall–Kier alpha value is -0.160. The number of nitrogens with two attached hydrogens (primary N) is 1. The minimum Gasteiger partial charge on any atom is -0.381 e. The van der Waals surface area contributed by atoms with Gasteiger partial charge in [-0.15, -0.1) is 0 Å². The van der Waals surface area contributed by atoms with Gasteiger partial charge in [-0.2, -0.15) is 0 Å². The van der Waals surface area contributed by atoms with Gasteiger partial charge in [0.05, 0.1) is 6.10 Å². The van der Waals surface area contributed by atoms with Crippen molar-refractivity contribution >= 4 is 0 Å². The lowest BCUT2D eigenvalue weighted by molar-refractivity contribution is -0.0237. The van der Waals surface area contributed by atoms with Crippen molar-refractivity contribution in [3.63, 3.8) is 0 Å². The van der Waals surface area contributed by atoms with Crippen molar-refractivity contribution in [2.24, 2.45) is 5.73 Å². The Balaban J connectivity index is 1.92. The first kappa shape index (κ1) is 14.3. The van der Waals surface area contributed by atoms with Crippen LogP contribution in [-0.2, 0) is 9.47 Å². The van der Waals surface area contributed by atoms with Crippen molar-refractivity contribution < 1.29 is 9.47 Å². The molecule has 1 atom stereocenters. The summed E-state index contributed by atoms with van der Waals surface area (Å²) >= 11 is 0. The summed E-state index contributed by atoms with van der Waals surface area (Å²) in [6.07, 6.45) is 6.17. The van der Waals surface area contributed by atoms with Gasteiger partial charge in [0.25, 0.3) is 0 Å². The molecule has 0 radical (unpaired) electrons. The minimum atomic E-state index is 0.188. The van der Waals surface area contributed by atoms with Crippen LogP contribution < -0.4 is 5.73 Å². The first-order valence-corrected chi connectivity index (χ1v) is 7.45. The van der Waals surface area contributed by atoms with Crippen molar-refractivity contribution in [2.45, 2.75) is 50.7 Å². The van der Waals surface area contributed by atoms with Crippen LogP contribution in [0.25, 0.3) is 0 Å². The van der Waals surface area contributed by atoms with Crippen LogP contribution in [0.4, 0.5) is 0 Å². The molecule has 0 aromatic carbocycles. The van der Waals surface area contributed by atoms with E-state index in [1.165, 1.54) is 6.42 Å². The highest BCUT2D eigenvalue weighted by Gasteiger charge is 2.37. The fourth-order valence-electron chi connectivity index (χ4n) is 3.37. The molecule has 1 unspecified atom stereocenters. The highest BCUT2D eigenvalue weighted by molar-refractivity contribution is 4.94. The second-order valence-electron chi connectivity index (χ2n) is 5.54. The SMILES string of the molecule is CCOC1CCN(C2(CN)CCCOCC2)CC1. The molecule has 0 amide bonds. The van der Waals surface area contributed by atoms with Gasteiger partial charge in [-0.05, 0) is 39.0 Å². The van der Waals surface area contributed by atoms with Crippen molar-refractivity contribution in [1.29, 1.82) is 0 Å². The van der Waals surface area contributed by atoms with Gasteiger partial charge in [-0.25, -0.2) is 0 Å². The van der Waals surface area contributed by atoms with Crippen LogP contribution in [0.1, 0.15) is 39.0 Å². The van der Waals surface area contributed by atoms with Crippen molar-refractivity contribution in [3.8, 4) is 0 Å². The van der Waals surface area contributed by atoms with Crippen LogP contribution in [0, 0.1) is 0 Å². The second kappa shape index (κ2) is 6.85. The zero-order chi connectivity index (χ0) is 12.8. The van der Waals surface area contributed by atoms with Gasteiger partial charge in [0.2, 0.25) is 0 Å². The Morgan fingerprint density at radius 3 is 2.72 bits per heavy atom. The lowest BCUT2D eigenvalue weighted by Crippen LogP contribution is -2.57. The smallest absolute Gasteiger partial charge is 0.0599 e. The zero-order valence-corrected chi connectivity index (χ0v) is 11.7. The summed E-state index contributed by atoms with van der Waals surface area (Å²) in [5.41, 5.74) is 6.29. The summed E-state index contributed by atoms with van der Waals surface area (Å²) < 4.78 is 11.3. The van der Waals surface area contributed by atoms with Gasteiger partial charge in [0.15, 0.2) is 0 Å². The first-order valence-electron chi connectivity index (χ1n) is 7.45. The normalized spacial score (nSPS) is 32.3. The molecule has 0 aliphatic carbocycles. The Morgan fingerprint density at radius 2 is 2.06 bits per heavy atom. The number of hydrogen-bond donors (Lipinski definition) is 1. The van der Waals surface area contributed by atoms with Gasteiger partial charge in [0.1, 0.15) is 0 Å². The predicted molar refractivity (Wildman–Crippen MR) is 72.7 cm³/mol. The van der Waals surface area contributed by atoms with Gasteiger partial charge in [-0.3, -0.25) is 4.90 Å². The van der Waals surface area contributed by atoms with Gasteiger partial charge >= 0.3 is 0 Å². The highest BCUT2D eigenvalue weighted by Crippen LogP contribution is 2.30. The fourth-order valence-corrected chi connectivity index (χ4v) is 3.37. The van der Waals surface area contributed by atoms with E-state index in [0.717, 1.165) is 65.1 Å². The van der Waals surface area contributed by atoms with E-state index in [2.05, 4.69) is 11.8 Å². The predicted octanol–water partition coefficient (Wildman–Crippen LogP) is 1.39. The summed E-state index contributed by atoms with van der Waals surface area (Å²) in [5, 5.41) is 0. The monoisotopic (exact) mass is 256 g/mol. The van der Waals surface area contributed by atoms with E-state index in [1.807, 2.05) is 0 Å². The van der Waals surface area contributed by atoms with Gasteiger partial charge < -0.3 is 15.2 Å². The Kier molecular flexibility index (Phi) is 5.42. The van der Waals surface area contributed by atoms with Crippen LogP contribution in [-0.4, -0.2) is 56.0 Å². The largest absolute Gasteiger partial charge is 0.381 e. The number of ether oxygens (including phenoxy) is 2. The Labute approximate surface area is 111 Å². The third-order valence-electron chi connectivity index (χ3n) is 4.54. The fraction of sp³-hybridized carbons (Fsp3) is 1.00. The van der Waals surface area contributed by atoms with Crippen molar-refractivity contribution in [3.05, 3.63) is 0 Å². The quantitative estimate of drug-likeness (QED) is 0.825. The molecule has 4 heteroatoms. The molecule has 2 heterocycles. The van der Waals surface area contributed by atoms with Crippen LogP contribution in [0.3, 0.4) is 0 Å². The maximum atomic E-state index is 6.10. The molecule has 0 bridgehead atoms. The number of likely N-dealkylation sites (tertiary alicyclic amines) is 1. The highest BCUT2D eigenvalue weighted by atomic mass is 16.5. The third kappa shape index (κ3) is 3.23. The van der Waals surface area contributed by atoms with Crippen LogP contribution >= 0.6 is 0 Å². The average Bonchev–Trinajstić information content (AvgIpc) is 2.66. The molecule has 2 N–H and O–H groups in total. The molecule has 2 rings (SSSR count). The average molecular weight is 256 g/mol. The molecule has 0 aromatic rings. The topological polar surface area (TPSA) is 47.7 Å². The molecule has 0 saturated carbocycles.